The SMILES string of the molecule is CCc1nncn1CCNC(=NC)NCC(c1ccc(OC)cc1)N1CCOCC1.I. The first-order valence-electron chi connectivity index (χ1n) is 10.5. The number of aromatic nitrogens is 3. The second-order valence-corrected chi connectivity index (χ2v) is 7.11. The highest BCUT2D eigenvalue weighted by atomic mass is 127. The molecule has 0 amide bonds. The zero-order valence-electron chi connectivity index (χ0n) is 18.6. The number of morpholine rings is 1. The number of halogens is 1. The Balaban J connectivity index is 0.00000341. The Morgan fingerprint density at radius 1 is 1.23 bits per heavy atom. The summed E-state index contributed by atoms with van der Waals surface area (Å²) in [5.74, 6) is 2.64. The molecule has 1 aliphatic rings. The van der Waals surface area contributed by atoms with Gasteiger partial charge in [-0.15, -0.1) is 34.2 Å². The monoisotopic (exact) mass is 543 g/mol. The van der Waals surface area contributed by atoms with Crippen molar-refractivity contribution in [2.24, 2.45) is 4.99 Å². The highest BCUT2D eigenvalue weighted by molar-refractivity contribution is 14.0. The van der Waals surface area contributed by atoms with Crippen LogP contribution in [0.3, 0.4) is 0 Å². The van der Waals surface area contributed by atoms with Gasteiger partial charge in [-0.1, -0.05) is 19.1 Å². The Morgan fingerprint density at radius 2 is 1.97 bits per heavy atom. The van der Waals surface area contributed by atoms with Gasteiger partial charge in [-0.05, 0) is 17.7 Å². The van der Waals surface area contributed by atoms with Crippen LogP contribution in [0, 0.1) is 0 Å². The summed E-state index contributed by atoms with van der Waals surface area (Å²) < 4.78 is 12.9. The molecule has 10 heteroatoms. The second-order valence-electron chi connectivity index (χ2n) is 7.11. The number of methoxy groups -OCH3 is 1. The van der Waals surface area contributed by atoms with Crippen molar-refractivity contribution in [2.75, 3.05) is 53.6 Å². The van der Waals surface area contributed by atoms with Crippen LogP contribution >= 0.6 is 24.0 Å². The predicted octanol–water partition coefficient (Wildman–Crippen LogP) is 1.71. The standard InChI is InChI=1S/C21H33N7O2.HI/c1-4-20-26-25-16-28(20)10-9-23-21(22-2)24-15-19(27-11-13-30-14-12-27)17-5-7-18(29-3)8-6-17;/h5-8,16,19H,4,9-15H2,1-3H3,(H2,22,23,24);1H. The van der Waals surface area contributed by atoms with Gasteiger partial charge in [0, 0.05) is 46.2 Å². The summed E-state index contributed by atoms with van der Waals surface area (Å²) in [6, 6.07) is 8.52. The minimum atomic E-state index is 0. The Labute approximate surface area is 201 Å². The number of guanidine groups is 1. The Hall–Kier alpha value is -1.92. The molecule has 1 aliphatic heterocycles. The summed E-state index contributed by atoms with van der Waals surface area (Å²) in [4.78, 5) is 6.83. The van der Waals surface area contributed by atoms with Crippen LogP contribution in [-0.2, 0) is 17.7 Å². The lowest BCUT2D eigenvalue weighted by Crippen LogP contribution is -2.46. The molecule has 9 nitrogen and oxygen atoms in total. The van der Waals surface area contributed by atoms with Crippen LogP contribution in [0.1, 0.15) is 24.4 Å². The van der Waals surface area contributed by atoms with E-state index in [1.807, 2.05) is 12.1 Å². The molecule has 3 rings (SSSR count). The molecule has 1 atom stereocenters. The predicted molar refractivity (Wildman–Crippen MR) is 132 cm³/mol. The number of hydrogen-bond donors (Lipinski definition) is 2. The number of aliphatic imine (C=N–C) groups is 1. The van der Waals surface area contributed by atoms with Crippen LogP contribution in [-0.4, -0.2) is 79.2 Å². The summed E-state index contributed by atoms with van der Waals surface area (Å²) in [6.07, 6.45) is 2.64. The van der Waals surface area contributed by atoms with Crippen LogP contribution < -0.4 is 15.4 Å². The maximum Gasteiger partial charge on any atom is 0.191 e. The fraction of sp³-hybridized carbons (Fsp3) is 0.571. The average Bonchev–Trinajstić information content (AvgIpc) is 3.26. The zero-order chi connectivity index (χ0) is 21.2. The van der Waals surface area contributed by atoms with E-state index < -0.39 is 0 Å². The number of aryl methyl sites for hydroxylation is 1. The number of rotatable bonds is 9. The summed E-state index contributed by atoms with van der Waals surface area (Å²) >= 11 is 0. The molecule has 31 heavy (non-hydrogen) atoms. The van der Waals surface area contributed by atoms with Crippen molar-refractivity contribution in [2.45, 2.75) is 25.9 Å². The van der Waals surface area contributed by atoms with Gasteiger partial charge in [-0.3, -0.25) is 9.89 Å². The molecule has 0 radical (unpaired) electrons. The summed E-state index contributed by atoms with van der Waals surface area (Å²) in [5.41, 5.74) is 1.25. The lowest BCUT2D eigenvalue weighted by molar-refractivity contribution is 0.0170. The molecule has 172 valence electrons. The quantitative estimate of drug-likeness (QED) is 0.283. The van der Waals surface area contributed by atoms with Crippen LogP contribution in [0.25, 0.3) is 0 Å². The molecule has 1 fully saturated rings. The van der Waals surface area contributed by atoms with Crippen molar-refractivity contribution in [3.8, 4) is 5.75 Å². The molecule has 1 saturated heterocycles. The van der Waals surface area contributed by atoms with Crippen molar-refractivity contribution >= 4 is 29.9 Å². The summed E-state index contributed by atoms with van der Waals surface area (Å²) in [5, 5.41) is 15.0. The van der Waals surface area contributed by atoms with E-state index >= 15 is 0 Å². The van der Waals surface area contributed by atoms with E-state index in [9.17, 15) is 0 Å². The minimum absolute atomic E-state index is 0. The van der Waals surface area contributed by atoms with Crippen LogP contribution in [0.4, 0.5) is 0 Å². The fourth-order valence-electron chi connectivity index (χ4n) is 3.62. The van der Waals surface area contributed by atoms with Crippen LogP contribution in [0.15, 0.2) is 35.6 Å². The lowest BCUT2D eigenvalue weighted by atomic mass is 10.0. The van der Waals surface area contributed by atoms with E-state index in [1.54, 1.807) is 20.5 Å². The van der Waals surface area contributed by atoms with Crippen molar-refractivity contribution in [1.29, 1.82) is 0 Å². The number of benzene rings is 1. The van der Waals surface area contributed by atoms with E-state index in [4.69, 9.17) is 9.47 Å². The van der Waals surface area contributed by atoms with E-state index in [2.05, 4.69) is 54.3 Å². The minimum Gasteiger partial charge on any atom is -0.497 e. The van der Waals surface area contributed by atoms with Crippen LogP contribution in [0.5, 0.6) is 5.75 Å². The average molecular weight is 543 g/mol. The molecular weight excluding hydrogens is 509 g/mol. The Morgan fingerprint density at radius 3 is 2.61 bits per heavy atom. The third kappa shape index (κ3) is 7.32. The third-order valence-corrected chi connectivity index (χ3v) is 5.33. The molecule has 0 bridgehead atoms. The molecule has 0 spiro atoms. The van der Waals surface area contributed by atoms with E-state index in [1.165, 1.54) is 5.56 Å². The normalized spacial score (nSPS) is 15.8. The van der Waals surface area contributed by atoms with Gasteiger partial charge in [0.1, 0.15) is 17.9 Å². The van der Waals surface area contributed by atoms with Crippen molar-refractivity contribution < 1.29 is 9.47 Å². The molecule has 2 N–H and O–H groups in total. The van der Waals surface area contributed by atoms with Crippen LogP contribution in [0.2, 0.25) is 0 Å². The van der Waals surface area contributed by atoms with E-state index in [0.717, 1.165) is 69.9 Å². The van der Waals surface area contributed by atoms with E-state index in [0.29, 0.717) is 0 Å². The molecule has 2 aromatic rings. The van der Waals surface area contributed by atoms with Gasteiger partial charge in [-0.2, -0.15) is 0 Å². The molecule has 0 saturated carbocycles. The third-order valence-electron chi connectivity index (χ3n) is 5.33. The first-order chi connectivity index (χ1) is 14.7. The Bertz CT molecular complexity index is 791. The molecule has 1 unspecified atom stereocenters. The molecule has 2 heterocycles. The largest absolute Gasteiger partial charge is 0.497 e. The fourth-order valence-corrected chi connectivity index (χ4v) is 3.62. The molecular formula is C21H34IN7O2. The van der Waals surface area contributed by atoms with Gasteiger partial charge in [0.2, 0.25) is 0 Å². The number of ether oxygens (including phenoxy) is 2. The lowest BCUT2D eigenvalue weighted by Gasteiger charge is -2.35. The Kier molecular flexibility index (Phi) is 11.0. The smallest absolute Gasteiger partial charge is 0.191 e. The number of nitrogens with zero attached hydrogens (tertiary/aromatic N) is 5. The second kappa shape index (κ2) is 13.5. The van der Waals surface area contributed by atoms with Gasteiger partial charge in [0.05, 0.1) is 26.4 Å². The first kappa shape index (κ1) is 25.3. The molecule has 0 aliphatic carbocycles. The van der Waals surface area contributed by atoms with Crippen molar-refractivity contribution in [3.63, 3.8) is 0 Å². The molecule has 1 aromatic heterocycles. The maximum absolute atomic E-state index is 5.55. The molecule has 1 aromatic carbocycles. The van der Waals surface area contributed by atoms with Gasteiger partial charge in [0.15, 0.2) is 5.96 Å². The first-order valence-corrected chi connectivity index (χ1v) is 10.5. The van der Waals surface area contributed by atoms with Gasteiger partial charge >= 0.3 is 0 Å². The van der Waals surface area contributed by atoms with Crippen molar-refractivity contribution in [1.82, 2.24) is 30.3 Å². The van der Waals surface area contributed by atoms with E-state index in [-0.39, 0.29) is 30.0 Å². The summed E-state index contributed by atoms with van der Waals surface area (Å²) in [7, 11) is 3.48. The highest BCUT2D eigenvalue weighted by Gasteiger charge is 2.23. The number of nitrogens with one attached hydrogen (secondary N) is 2. The zero-order valence-corrected chi connectivity index (χ0v) is 20.9. The van der Waals surface area contributed by atoms with Crippen molar-refractivity contribution in [3.05, 3.63) is 42.0 Å². The highest BCUT2D eigenvalue weighted by Crippen LogP contribution is 2.23. The van der Waals surface area contributed by atoms with Gasteiger partial charge < -0.3 is 24.7 Å². The maximum atomic E-state index is 5.55. The van der Waals surface area contributed by atoms with Gasteiger partial charge in [-0.25, -0.2) is 0 Å². The summed E-state index contributed by atoms with van der Waals surface area (Å²) in [6.45, 7) is 7.72. The number of hydrogen-bond acceptors (Lipinski definition) is 6. The topological polar surface area (TPSA) is 88.8 Å². The van der Waals surface area contributed by atoms with Gasteiger partial charge in [0.25, 0.3) is 0 Å².